The van der Waals surface area contributed by atoms with Gasteiger partial charge in [-0.3, -0.25) is 9.20 Å². The molecule has 0 atom stereocenters. The third-order valence-corrected chi connectivity index (χ3v) is 5.89. The van der Waals surface area contributed by atoms with Gasteiger partial charge in [0.05, 0.1) is 0 Å². The van der Waals surface area contributed by atoms with Gasteiger partial charge in [-0.15, -0.1) is 11.3 Å². The van der Waals surface area contributed by atoms with Crippen LogP contribution in [0, 0.1) is 0 Å². The van der Waals surface area contributed by atoms with Crippen LogP contribution in [0.2, 0.25) is 0 Å². The highest BCUT2D eigenvalue weighted by atomic mass is 32.1. The van der Waals surface area contributed by atoms with Crippen LogP contribution in [0.15, 0.2) is 76.9 Å². The van der Waals surface area contributed by atoms with Gasteiger partial charge in [-0.05, 0) is 23.6 Å². The molecule has 0 aliphatic carbocycles. The number of amides is 1. The molecule has 4 aromatic heterocycles. The lowest BCUT2D eigenvalue weighted by atomic mass is 10.1. The van der Waals surface area contributed by atoms with Gasteiger partial charge in [0.25, 0.3) is 5.91 Å². The highest BCUT2D eigenvalue weighted by Crippen LogP contribution is 2.30. The van der Waals surface area contributed by atoms with E-state index in [-0.39, 0.29) is 5.91 Å². The summed E-state index contributed by atoms with van der Waals surface area (Å²) in [6.45, 7) is 0. The Bertz CT molecular complexity index is 1260. The molecule has 28 heavy (non-hydrogen) atoms. The summed E-state index contributed by atoms with van der Waals surface area (Å²) in [6.07, 6.45) is 1.89. The van der Waals surface area contributed by atoms with E-state index >= 15 is 0 Å². The van der Waals surface area contributed by atoms with Crippen molar-refractivity contribution in [3.05, 3.63) is 82.6 Å². The second kappa shape index (κ2) is 7.03. The van der Waals surface area contributed by atoms with Gasteiger partial charge in [-0.1, -0.05) is 36.4 Å². The Morgan fingerprint density at radius 3 is 2.61 bits per heavy atom. The number of carbonyl (C=O) groups excluding carboxylic acids is 1. The first-order valence-electron chi connectivity index (χ1n) is 8.61. The number of thiazole rings is 1. The second-order valence-electron chi connectivity index (χ2n) is 6.11. The van der Waals surface area contributed by atoms with Crippen molar-refractivity contribution in [2.24, 2.45) is 0 Å². The quantitative estimate of drug-likeness (QED) is 0.435. The van der Waals surface area contributed by atoms with E-state index in [0.717, 1.165) is 27.5 Å². The molecule has 0 saturated heterocycles. The van der Waals surface area contributed by atoms with Crippen molar-refractivity contribution in [1.82, 2.24) is 14.4 Å². The molecular formula is C21H14N4OS2. The SMILES string of the molecule is O=C(Nc1c(-c2ccccc2)nc2ccccn12)c1csc(-c2ccsc2)n1. The van der Waals surface area contributed by atoms with Gasteiger partial charge < -0.3 is 5.32 Å². The fourth-order valence-corrected chi connectivity index (χ4v) is 4.49. The molecule has 5 aromatic rings. The number of fused-ring (bicyclic) bond motifs is 1. The van der Waals surface area contributed by atoms with Crippen molar-refractivity contribution in [2.75, 3.05) is 5.32 Å². The molecule has 0 aliphatic heterocycles. The van der Waals surface area contributed by atoms with E-state index < -0.39 is 0 Å². The molecule has 7 heteroatoms. The van der Waals surface area contributed by atoms with Gasteiger partial charge in [-0.2, -0.15) is 11.3 Å². The fourth-order valence-electron chi connectivity index (χ4n) is 2.98. The van der Waals surface area contributed by atoms with Crippen LogP contribution in [-0.4, -0.2) is 20.3 Å². The molecule has 1 aromatic carbocycles. The van der Waals surface area contributed by atoms with Crippen molar-refractivity contribution in [2.45, 2.75) is 0 Å². The van der Waals surface area contributed by atoms with Crippen molar-refractivity contribution in [1.29, 1.82) is 0 Å². The molecule has 5 nitrogen and oxygen atoms in total. The highest BCUT2D eigenvalue weighted by Gasteiger charge is 2.19. The summed E-state index contributed by atoms with van der Waals surface area (Å²) in [7, 11) is 0. The molecule has 0 unspecified atom stereocenters. The number of pyridine rings is 1. The number of hydrogen-bond acceptors (Lipinski definition) is 5. The minimum atomic E-state index is -0.249. The number of benzene rings is 1. The first-order valence-corrected chi connectivity index (χ1v) is 10.4. The van der Waals surface area contributed by atoms with E-state index in [9.17, 15) is 4.79 Å². The minimum absolute atomic E-state index is 0.249. The minimum Gasteiger partial charge on any atom is -0.304 e. The Morgan fingerprint density at radius 2 is 1.79 bits per heavy atom. The monoisotopic (exact) mass is 402 g/mol. The lowest BCUT2D eigenvalue weighted by molar-refractivity contribution is 0.102. The summed E-state index contributed by atoms with van der Waals surface area (Å²) in [5.74, 6) is 0.387. The third kappa shape index (κ3) is 3.00. The van der Waals surface area contributed by atoms with Crippen LogP contribution < -0.4 is 5.32 Å². The summed E-state index contributed by atoms with van der Waals surface area (Å²) < 4.78 is 1.88. The lowest BCUT2D eigenvalue weighted by Gasteiger charge is -2.06. The standard InChI is InChI=1S/C21H14N4OS2/c26-20(16-13-28-21(22-16)15-9-11-27-12-15)24-19-18(14-6-2-1-3-7-14)23-17-8-4-5-10-25(17)19/h1-13H,(H,24,26). The van der Waals surface area contributed by atoms with Crippen LogP contribution in [0.1, 0.15) is 10.5 Å². The number of rotatable bonds is 4. The molecule has 136 valence electrons. The van der Waals surface area contributed by atoms with Gasteiger partial charge in [0.15, 0.2) is 0 Å². The summed E-state index contributed by atoms with van der Waals surface area (Å²) in [5.41, 5.74) is 3.88. The van der Waals surface area contributed by atoms with E-state index in [2.05, 4.69) is 10.3 Å². The van der Waals surface area contributed by atoms with Crippen molar-refractivity contribution >= 4 is 40.0 Å². The number of carbonyl (C=O) groups is 1. The van der Waals surface area contributed by atoms with E-state index in [1.165, 1.54) is 11.3 Å². The molecule has 0 bridgehead atoms. The van der Waals surface area contributed by atoms with Gasteiger partial charge in [-0.25, -0.2) is 9.97 Å². The zero-order chi connectivity index (χ0) is 18.9. The maximum absolute atomic E-state index is 12.9. The molecule has 0 aliphatic rings. The van der Waals surface area contributed by atoms with E-state index in [1.54, 1.807) is 16.7 Å². The molecule has 0 saturated carbocycles. The zero-order valence-electron chi connectivity index (χ0n) is 14.6. The first-order chi connectivity index (χ1) is 13.8. The molecular weight excluding hydrogens is 388 g/mol. The predicted molar refractivity (Wildman–Crippen MR) is 114 cm³/mol. The number of thiophene rings is 1. The maximum Gasteiger partial charge on any atom is 0.276 e. The highest BCUT2D eigenvalue weighted by molar-refractivity contribution is 7.14. The number of nitrogens with zero attached hydrogens (tertiary/aromatic N) is 3. The largest absolute Gasteiger partial charge is 0.304 e. The average Bonchev–Trinajstić information content (AvgIpc) is 3.48. The van der Waals surface area contributed by atoms with Gasteiger partial charge in [0.1, 0.15) is 27.9 Å². The predicted octanol–water partition coefficient (Wildman–Crippen LogP) is 5.44. The Kier molecular flexibility index (Phi) is 4.23. The van der Waals surface area contributed by atoms with Crippen LogP contribution in [0.5, 0.6) is 0 Å². The van der Waals surface area contributed by atoms with Gasteiger partial charge >= 0.3 is 0 Å². The Hall–Kier alpha value is -3.29. The Morgan fingerprint density at radius 1 is 0.929 bits per heavy atom. The molecule has 1 N–H and O–H groups in total. The smallest absolute Gasteiger partial charge is 0.276 e. The number of nitrogens with one attached hydrogen (secondary N) is 1. The number of anilines is 1. The average molecular weight is 403 g/mol. The summed E-state index contributed by atoms with van der Waals surface area (Å²) in [4.78, 5) is 22.1. The van der Waals surface area contributed by atoms with Crippen molar-refractivity contribution < 1.29 is 4.79 Å². The van der Waals surface area contributed by atoms with Crippen molar-refractivity contribution in [3.63, 3.8) is 0 Å². The third-order valence-electron chi connectivity index (χ3n) is 4.31. The molecule has 5 rings (SSSR count). The molecule has 0 fully saturated rings. The Balaban J connectivity index is 1.53. The van der Waals surface area contributed by atoms with Gasteiger partial charge in [0, 0.05) is 28.1 Å². The van der Waals surface area contributed by atoms with Crippen molar-refractivity contribution in [3.8, 4) is 21.8 Å². The van der Waals surface area contributed by atoms with Crippen LogP contribution in [0.4, 0.5) is 5.82 Å². The molecule has 0 spiro atoms. The van der Waals surface area contributed by atoms with E-state index in [1.807, 2.05) is 76.0 Å². The normalized spacial score (nSPS) is 11.0. The zero-order valence-corrected chi connectivity index (χ0v) is 16.2. The summed E-state index contributed by atoms with van der Waals surface area (Å²) >= 11 is 3.08. The fraction of sp³-hybridized carbons (Fsp3) is 0. The summed E-state index contributed by atoms with van der Waals surface area (Å²) in [6, 6.07) is 17.6. The number of aromatic nitrogens is 3. The van der Waals surface area contributed by atoms with E-state index in [0.29, 0.717) is 11.5 Å². The maximum atomic E-state index is 12.9. The number of imidazole rings is 1. The topological polar surface area (TPSA) is 59.3 Å². The van der Waals surface area contributed by atoms with Gasteiger partial charge in [0.2, 0.25) is 0 Å². The van der Waals surface area contributed by atoms with Crippen LogP contribution >= 0.6 is 22.7 Å². The molecule has 1 amide bonds. The molecule has 4 heterocycles. The molecule has 0 radical (unpaired) electrons. The Labute approximate surface area is 169 Å². The second-order valence-corrected chi connectivity index (χ2v) is 7.75. The van der Waals surface area contributed by atoms with Crippen LogP contribution in [0.25, 0.3) is 27.5 Å². The lowest BCUT2D eigenvalue weighted by Crippen LogP contribution is -2.14. The van der Waals surface area contributed by atoms with E-state index in [4.69, 9.17) is 4.98 Å². The van der Waals surface area contributed by atoms with Crippen LogP contribution in [-0.2, 0) is 0 Å². The summed E-state index contributed by atoms with van der Waals surface area (Å²) in [5, 5.41) is 9.67. The first kappa shape index (κ1) is 16.9. The number of hydrogen-bond donors (Lipinski definition) is 1. The van der Waals surface area contributed by atoms with Crippen LogP contribution in [0.3, 0.4) is 0 Å².